The molecule has 0 aromatic carbocycles. The van der Waals surface area contributed by atoms with Crippen LogP contribution in [-0.2, 0) is 19.4 Å². The summed E-state index contributed by atoms with van der Waals surface area (Å²) in [7, 11) is -4.89. The Morgan fingerprint density at radius 2 is 1.92 bits per heavy atom. The average molecular weight is 429 g/mol. The SMILES string of the molecule is C=C[C@@H](O)CC(=NOS(=O)(=O)O)S[C@@H]1O[C@H](CO)[C@@H](O)[C@H](O)[C@H]1O.[K]. The zero-order valence-electron chi connectivity index (χ0n) is 13.2. The molecule has 1 saturated heterocycles. The quantitative estimate of drug-likeness (QED) is 0.0614. The van der Waals surface area contributed by atoms with E-state index in [1.165, 1.54) is 0 Å². The van der Waals surface area contributed by atoms with Crippen molar-refractivity contribution in [2.45, 2.75) is 42.4 Å². The van der Waals surface area contributed by atoms with Gasteiger partial charge in [-0.15, -0.1) is 6.58 Å². The Bertz CT molecular complexity index is 557. The zero-order valence-corrected chi connectivity index (χ0v) is 18.0. The molecule has 0 spiro atoms. The van der Waals surface area contributed by atoms with Crippen LogP contribution in [0.1, 0.15) is 6.42 Å². The molecule has 1 fully saturated rings. The zero-order chi connectivity index (χ0) is 18.5. The molecule has 0 aromatic rings. The van der Waals surface area contributed by atoms with Crippen molar-refractivity contribution in [3.8, 4) is 0 Å². The van der Waals surface area contributed by atoms with Gasteiger partial charge in [-0.25, -0.2) is 4.28 Å². The summed E-state index contributed by atoms with van der Waals surface area (Å²) in [5, 5.41) is 50.8. The third-order valence-corrected chi connectivity index (χ3v) is 4.39. The second-order valence-corrected chi connectivity index (χ2v) is 6.99. The van der Waals surface area contributed by atoms with Gasteiger partial charge in [0.1, 0.15) is 34.9 Å². The topological polar surface area (TPSA) is 186 Å². The minimum Gasteiger partial charge on any atom is -0.394 e. The van der Waals surface area contributed by atoms with Gasteiger partial charge in [-0.3, -0.25) is 4.55 Å². The molecular formula is C11H19KNO10S2. The summed E-state index contributed by atoms with van der Waals surface area (Å²) in [5.41, 5.74) is -1.26. The molecular weight excluding hydrogens is 409 g/mol. The van der Waals surface area contributed by atoms with Gasteiger partial charge in [-0.1, -0.05) is 23.0 Å². The van der Waals surface area contributed by atoms with E-state index in [0.717, 1.165) is 6.08 Å². The monoisotopic (exact) mass is 428 g/mol. The Morgan fingerprint density at radius 1 is 1.32 bits per heavy atom. The predicted octanol–water partition coefficient (Wildman–Crippen LogP) is -2.79. The number of nitrogens with zero attached hydrogens (tertiary/aromatic N) is 1. The molecule has 141 valence electrons. The van der Waals surface area contributed by atoms with Crippen molar-refractivity contribution in [2.24, 2.45) is 5.16 Å². The fraction of sp³-hybridized carbons (Fsp3) is 0.727. The standard InChI is InChI=1S/C11H19NO10S2.K/c1-2-5(14)3-7(12-22-24(18,19)20)23-11-10(17)9(16)8(15)6(4-13)21-11;/h2,5-6,8-11,13-17H,1,3-4H2,(H,18,19,20);/t5-,6-,8-,9+,10-,11+;/m1./s1. The number of rotatable bonds is 7. The predicted molar refractivity (Wildman–Crippen MR) is 88.0 cm³/mol. The molecule has 25 heavy (non-hydrogen) atoms. The van der Waals surface area contributed by atoms with E-state index in [4.69, 9.17) is 14.4 Å². The van der Waals surface area contributed by atoms with Crippen molar-refractivity contribution < 1.29 is 47.5 Å². The summed E-state index contributed by atoms with van der Waals surface area (Å²) in [4.78, 5) is 0. The minimum absolute atomic E-state index is 0. The number of thioether (sulfide) groups is 1. The van der Waals surface area contributed by atoms with E-state index in [1.807, 2.05) is 0 Å². The van der Waals surface area contributed by atoms with Crippen molar-refractivity contribution in [1.82, 2.24) is 0 Å². The molecule has 6 atom stereocenters. The molecule has 1 aliphatic rings. The maximum atomic E-state index is 10.6. The van der Waals surface area contributed by atoms with Crippen molar-refractivity contribution in [3.63, 3.8) is 0 Å². The summed E-state index contributed by atoms with van der Waals surface area (Å²) in [5.74, 6) is 0. The van der Waals surface area contributed by atoms with Crippen LogP contribution in [0.25, 0.3) is 0 Å². The third-order valence-electron chi connectivity index (χ3n) is 2.99. The number of oxime groups is 1. The molecule has 0 aliphatic carbocycles. The first-order valence-electron chi connectivity index (χ1n) is 6.59. The largest absolute Gasteiger partial charge is 0.466 e. The van der Waals surface area contributed by atoms with Crippen LogP contribution in [0.15, 0.2) is 17.8 Å². The van der Waals surface area contributed by atoms with E-state index in [2.05, 4.69) is 16.0 Å². The normalized spacial score (nSPS) is 31.8. The van der Waals surface area contributed by atoms with Crippen molar-refractivity contribution in [2.75, 3.05) is 6.61 Å². The third kappa shape index (κ3) is 8.61. The van der Waals surface area contributed by atoms with Crippen molar-refractivity contribution >= 4 is 78.6 Å². The molecule has 6 N–H and O–H groups in total. The smallest absolute Gasteiger partial charge is 0.394 e. The molecule has 0 amide bonds. The molecule has 1 radical (unpaired) electrons. The molecule has 14 heteroatoms. The van der Waals surface area contributed by atoms with Gasteiger partial charge in [0.05, 0.1) is 12.7 Å². The van der Waals surface area contributed by atoms with Crippen molar-refractivity contribution in [3.05, 3.63) is 12.7 Å². The molecule has 1 aliphatic heterocycles. The summed E-state index contributed by atoms with van der Waals surface area (Å²) in [6.45, 7) is 2.67. The van der Waals surface area contributed by atoms with Crippen molar-refractivity contribution in [1.29, 1.82) is 0 Å². The van der Waals surface area contributed by atoms with Crippen LogP contribution in [0.2, 0.25) is 0 Å². The van der Waals surface area contributed by atoms with Crippen LogP contribution in [0, 0.1) is 0 Å². The van der Waals surface area contributed by atoms with E-state index in [9.17, 15) is 28.8 Å². The van der Waals surface area contributed by atoms with E-state index >= 15 is 0 Å². The summed E-state index contributed by atoms with van der Waals surface area (Å²) < 4.78 is 38.8. The number of ether oxygens (including phenoxy) is 1. The van der Waals surface area contributed by atoms with Gasteiger partial charge in [0.25, 0.3) is 0 Å². The first-order valence-corrected chi connectivity index (χ1v) is 8.84. The van der Waals surface area contributed by atoms with Gasteiger partial charge < -0.3 is 30.3 Å². The molecule has 1 rings (SSSR count). The Balaban J connectivity index is 0.00000576. The molecule has 1 heterocycles. The van der Waals surface area contributed by atoms with Crippen LogP contribution < -0.4 is 0 Å². The van der Waals surface area contributed by atoms with Gasteiger partial charge in [0, 0.05) is 57.8 Å². The van der Waals surface area contributed by atoms with Crippen LogP contribution in [-0.4, -0.2) is 137 Å². The fourth-order valence-corrected chi connectivity index (χ4v) is 3.10. The molecule has 0 bridgehead atoms. The second kappa shape index (κ2) is 11.7. The molecule has 0 saturated carbocycles. The Labute approximate surface area is 191 Å². The van der Waals surface area contributed by atoms with Crippen LogP contribution in [0.5, 0.6) is 0 Å². The summed E-state index contributed by atoms with van der Waals surface area (Å²) >= 11 is 0.570. The fourth-order valence-electron chi connectivity index (χ4n) is 1.76. The van der Waals surface area contributed by atoms with Gasteiger partial charge in [0.2, 0.25) is 0 Å². The van der Waals surface area contributed by atoms with Gasteiger partial charge in [0.15, 0.2) is 0 Å². The Morgan fingerprint density at radius 3 is 2.40 bits per heavy atom. The molecule has 11 nitrogen and oxygen atoms in total. The first-order chi connectivity index (χ1) is 11.1. The summed E-state index contributed by atoms with van der Waals surface area (Å²) in [6.07, 6.45) is -6.29. The van der Waals surface area contributed by atoms with Gasteiger partial charge in [-0.05, 0) is 0 Å². The number of hydrogen-bond acceptors (Lipinski definition) is 11. The Hall–Kier alpha value is 0.866. The van der Waals surface area contributed by atoms with Crippen LogP contribution in [0.3, 0.4) is 0 Å². The maximum absolute atomic E-state index is 10.6. The van der Waals surface area contributed by atoms with Crippen LogP contribution in [0.4, 0.5) is 0 Å². The van der Waals surface area contributed by atoms with Gasteiger partial charge >= 0.3 is 10.4 Å². The Kier molecular flexibility index (Phi) is 12.1. The first kappa shape index (κ1) is 25.9. The molecule has 0 unspecified atom stereocenters. The van der Waals surface area contributed by atoms with E-state index in [-0.39, 0.29) is 62.8 Å². The average Bonchev–Trinajstić information content (AvgIpc) is 2.52. The summed E-state index contributed by atoms with van der Waals surface area (Å²) in [6, 6.07) is 0. The minimum atomic E-state index is -4.89. The molecule has 0 aromatic heterocycles. The number of hydrogen-bond donors (Lipinski definition) is 6. The van der Waals surface area contributed by atoms with E-state index in [1.54, 1.807) is 0 Å². The number of aliphatic hydroxyl groups excluding tert-OH is 5. The van der Waals surface area contributed by atoms with Gasteiger partial charge in [-0.2, -0.15) is 8.42 Å². The van der Waals surface area contributed by atoms with E-state index < -0.39 is 53.0 Å². The van der Waals surface area contributed by atoms with Crippen LogP contribution >= 0.6 is 11.8 Å². The second-order valence-electron chi connectivity index (χ2n) is 4.81. The number of aliphatic hydroxyl groups is 5. The van der Waals surface area contributed by atoms with E-state index in [0.29, 0.717) is 11.8 Å². The maximum Gasteiger partial charge on any atom is 0.466 e.